The van der Waals surface area contributed by atoms with Crippen molar-refractivity contribution in [2.45, 2.75) is 9.75 Å². The average molecular weight is 426 g/mol. The number of carbonyl (C=O) groups is 1. The molecule has 1 fully saturated rings. The molecule has 1 amide bonds. The molecule has 26 heavy (non-hydrogen) atoms. The number of amides is 1. The predicted molar refractivity (Wildman–Crippen MR) is 106 cm³/mol. The highest BCUT2D eigenvalue weighted by atomic mass is 35.5. The van der Waals surface area contributed by atoms with Gasteiger partial charge in [0.1, 0.15) is 0 Å². The van der Waals surface area contributed by atoms with Crippen molar-refractivity contribution in [3.8, 4) is 0 Å². The third kappa shape index (κ3) is 2.16. The van der Waals surface area contributed by atoms with Gasteiger partial charge in [-0.3, -0.25) is 19.8 Å². The van der Waals surface area contributed by atoms with Crippen molar-refractivity contribution in [2.24, 2.45) is 4.40 Å². The molecule has 0 N–H and O–H groups in total. The van der Waals surface area contributed by atoms with Crippen LogP contribution in [0.3, 0.4) is 0 Å². The van der Waals surface area contributed by atoms with Gasteiger partial charge in [-0.1, -0.05) is 53.5 Å². The lowest BCUT2D eigenvalue weighted by Gasteiger charge is -2.58. The molecule has 2 aromatic rings. The Morgan fingerprint density at radius 2 is 1.77 bits per heavy atom. The first-order chi connectivity index (χ1) is 12.4. The molecule has 1 spiro atoms. The molecule has 2 aliphatic rings. The number of β-lactam (4-membered cyclic amide) rings is 1. The van der Waals surface area contributed by atoms with E-state index in [0.717, 1.165) is 11.0 Å². The smallest absolute Gasteiger partial charge is 0.269 e. The second kappa shape index (κ2) is 6.16. The molecule has 2 aliphatic heterocycles. The SMILES string of the molecule is O=C1N(c2ccc([N+](=O)[O-])cc2)C2(SSN=C2Cl)C1(Cl)c1ccccc1. The number of nitro groups is 1. The van der Waals surface area contributed by atoms with E-state index in [9.17, 15) is 14.9 Å². The van der Waals surface area contributed by atoms with Crippen molar-refractivity contribution in [2.75, 3.05) is 4.90 Å². The summed E-state index contributed by atoms with van der Waals surface area (Å²) in [6.45, 7) is 0. The zero-order valence-electron chi connectivity index (χ0n) is 12.8. The van der Waals surface area contributed by atoms with Gasteiger partial charge < -0.3 is 0 Å². The Balaban J connectivity index is 1.83. The quantitative estimate of drug-likeness (QED) is 0.177. The fraction of sp³-hybridized carbons (Fsp3) is 0.125. The third-order valence-electron chi connectivity index (χ3n) is 4.32. The number of hydrogen-bond acceptors (Lipinski definition) is 6. The van der Waals surface area contributed by atoms with E-state index in [-0.39, 0.29) is 16.8 Å². The van der Waals surface area contributed by atoms with Crippen LogP contribution < -0.4 is 4.90 Å². The highest BCUT2D eigenvalue weighted by molar-refractivity contribution is 8.77. The first-order valence-electron chi connectivity index (χ1n) is 7.35. The summed E-state index contributed by atoms with van der Waals surface area (Å²) in [5, 5.41) is 11.1. The first-order valence-corrected chi connectivity index (χ1v) is 10.2. The summed E-state index contributed by atoms with van der Waals surface area (Å²) in [4.78, 5) is 22.4. The molecule has 2 atom stereocenters. The number of non-ortho nitro benzene ring substituents is 1. The van der Waals surface area contributed by atoms with Crippen LogP contribution in [-0.2, 0) is 9.67 Å². The zero-order chi connectivity index (χ0) is 18.5. The van der Waals surface area contributed by atoms with E-state index in [1.807, 2.05) is 6.07 Å². The van der Waals surface area contributed by atoms with E-state index in [1.54, 1.807) is 24.3 Å². The number of benzene rings is 2. The molecule has 0 saturated carbocycles. The summed E-state index contributed by atoms with van der Waals surface area (Å²) in [6.07, 6.45) is 0. The van der Waals surface area contributed by atoms with Crippen LogP contribution in [0.25, 0.3) is 0 Å². The number of nitrogens with zero attached hydrogens (tertiary/aromatic N) is 3. The predicted octanol–water partition coefficient (Wildman–Crippen LogP) is 4.72. The van der Waals surface area contributed by atoms with Gasteiger partial charge in [0, 0.05) is 28.8 Å². The molecule has 10 heteroatoms. The topological polar surface area (TPSA) is 75.8 Å². The number of anilines is 1. The molecule has 132 valence electrons. The van der Waals surface area contributed by atoms with Crippen molar-refractivity contribution in [3.05, 3.63) is 70.3 Å². The molecule has 0 bridgehead atoms. The van der Waals surface area contributed by atoms with Gasteiger partial charge in [-0.25, -0.2) is 0 Å². The maximum absolute atomic E-state index is 13.1. The van der Waals surface area contributed by atoms with Crippen molar-refractivity contribution in [3.63, 3.8) is 0 Å². The van der Waals surface area contributed by atoms with E-state index >= 15 is 0 Å². The van der Waals surface area contributed by atoms with Crippen molar-refractivity contribution in [1.82, 2.24) is 0 Å². The number of hydrogen-bond donors (Lipinski definition) is 0. The minimum Gasteiger partial charge on any atom is -0.285 e. The molecule has 2 unspecified atom stereocenters. The fourth-order valence-corrected chi connectivity index (χ4v) is 7.07. The highest BCUT2D eigenvalue weighted by Gasteiger charge is 2.76. The second-order valence-electron chi connectivity index (χ2n) is 5.62. The van der Waals surface area contributed by atoms with Gasteiger partial charge >= 0.3 is 0 Å². The number of nitro benzene ring substituents is 1. The molecule has 0 aliphatic carbocycles. The van der Waals surface area contributed by atoms with Gasteiger partial charge in [0.2, 0.25) is 0 Å². The Hall–Kier alpha value is -1.74. The fourth-order valence-electron chi connectivity index (χ4n) is 3.08. The van der Waals surface area contributed by atoms with E-state index in [4.69, 9.17) is 23.2 Å². The van der Waals surface area contributed by atoms with Crippen molar-refractivity contribution in [1.29, 1.82) is 0 Å². The normalized spacial score (nSPS) is 27.4. The van der Waals surface area contributed by atoms with E-state index in [2.05, 4.69) is 4.40 Å². The Kier molecular flexibility index (Phi) is 4.18. The Morgan fingerprint density at radius 3 is 2.31 bits per heavy atom. The van der Waals surface area contributed by atoms with E-state index in [0.29, 0.717) is 11.3 Å². The number of carbonyl (C=O) groups excluding carboxylic acids is 1. The van der Waals surface area contributed by atoms with Gasteiger partial charge in [-0.15, -0.1) is 0 Å². The zero-order valence-corrected chi connectivity index (χ0v) is 16.0. The third-order valence-corrected chi connectivity index (χ3v) is 8.09. The summed E-state index contributed by atoms with van der Waals surface area (Å²) in [5.41, 5.74) is 1.02. The van der Waals surface area contributed by atoms with Crippen LogP contribution in [-0.4, -0.2) is 20.9 Å². The number of alkyl halides is 1. The minimum atomic E-state index is -1.41. The monoisotopic (exact) mass is 425 g/mol. The summed E-state index contributed by atoms with van der Waals surface area (Å²) >= 11 is 13.3. The molecule has 0 radical (unpaired) electrons. The maximum atomic E-state index is 13.1. The maximum Gasteiger partial charge on any atom is 0.269 e. The number of rotatable bonds is 3. The van der Waals surface area contributed by atoms with Crippen LogP contribution in [0.15, 0.2) is 59.0 Å². The molecule has 2 aromatic carbocycles. The summed E-state index contributed by atoms with van der Waals surface area (Å²) in [7, 11) is 2.44. The van der Waals surface area contributed by atoms with Gasteiger partial charge in [-0.05, 0) is 28.5 Å². The molecule has 6 nitrogen and oxygen atoms in total. The number of halogens is 2. The first kappa shape index (κ1) is 17.7. The Labute approximate surface area is 166 Å². The van der Waals surface area contributed by atoms with Crippen molar-refractivity contribution >= 4 is 67.4 Å². The lowest BCUT2D eigenvalue weighted by atomic mass is 9.79. The molecule has 0 aromatic heterocycles. The van der Waals surface area contributed by atoms with Gasteiger partial charge in [0.25, 0.3) is 11.6 Å². The van der Waals surface area contributed by atoms with E-state index < -0.39 is 14.7 Å². The lowest BCUT2D eigenvalue weighted by molar-refractivity contribution is -0.384. The van der Waals surface area contributed by atoms with Crippen LogP contribution in [0.4, 0.5) is 11.4 Å². The van der Waals surface area contributed by atoms with Crippen LogP contribution in [0.2, 0.25) is 0 Å². The summed E-state index contributed by atoms with van der Waals surface area (Å²) < 4.78 is 4.16. The molecular formula is C16H9Cl2N3O3S2. The van der Waals surface area contributed by atoms with Crippen LogP contribution >= 0.6 is 45.0 Å². The average Bonchev–Trinajstić information content (AvgIpc) is 3.06. The molecule has 2 heterocycles. The van der Waals surface area contributed by atoms with Gasteiger partial charge in [0.05, 0.1) is 4.92 Å². The van der Waals surface area contributed by atoms with Crippen LogP contribution in [0.5, 0.6) is 0 Å². The Bertz CT molecular complexity index is 942. The lowest BCUT2D eigenvalue weighted by Crippen LogP contribution is -2.78. The summed E-state index contributed by atoms with van der Waals surface area (Å²) in [5.74, 6) is -0.359. The van der Waals surface area contributed by atoms with E-state index in [1.165, 1.54) is 40.0 Å². The standard InChI is InChI=1S/C16H9Cl2N3O3S2/c17-13-16(25-26-19-13)15(18,10-4-2-1-3-5-10)14(22)20(16)11-6-8-12(9-7-11)21(23)24/h1-9H. The van der Waals surface area contributed by atoms with Gasteiger partial charge in [-0.2, -0.15) is 4.40 Å². The van der Waals surface area contributed by atoms with Crippen LogP contribution in [0, 0.1) is 10.1 Å². The largest absolute Gasteiger partial charge is 0.285 e. The summed E-state index contributed by atoms with van der Waals surface area (Å²) in [6, 6.07) is 14.7. The van der Waals surface area contributed by atoms with Crippen LogP contribution in [0.1, 0.15) is 5.56 Å². The molecule has 4 rings (SSSR count). The van der Waals surface area contributed by atoms with Gasteiger partial charge in [0.15, 0.2) is 14.9 Å². The Morgan fingerprint density at radius 1 is 1.12 bits per heavy atom. The highest BCUT2D eigenvalue weighted by Crippen LogP contribution is 2.67. The molecule has 1 saturated heterocycles. The minimum absolute atomic E-state index is 0.0656. The molecular weight excluding hydrogens is 417 g/mol. The van der Waals surface area contributed by atoms with Crippen molar-refractivity contribution < 1.29 is 9.72 Å². The second-order valence-corrected chi connectivity index (χ2v) is 8.58.